The lowest BCUT2D eigenvalue weighted by atomic mass is 10.0. The molecule has 2 aromatic rings. The lowest BCUT2D eigenvalue weighted by Crippen LogP contribution is -2.44. The Morgan fingerprint density at radius 1 is 1.29 bits per heavy atom. The Morgan fingerprint density at radius 2 is 1.96 bits per heavy atom. The van der Waals surface area contributed by atoms with Gasteiger partial charge in [0, 0.05) is 32.7 Å². The number of hydrogen-bond acceptors (Lipinski definition) is 3. The zero-order valence-corrected chi connectivity index (χ0v) is 14.1. The molecule has 1 aromatic heterocycles. The van der Waals surface area contributed by atoms with Crippen LogP contribution in [-0.4, -0.2) is 39.7 Å². The molecule has 0 atom stereocenters. The molecule has 0 bridgehead atoms. The maximum atomic E-state index is 12.9. The Balaban J connectivity index is 1.49. The Kier molecular flexibility index (Phi) is 4.94. The van der Waals surface area contributed by atoms with E-state index in [0.29, 0.717) is 5.69 Å². The largest absolute Gasteiger partial charge is 0.348 e. The van der Waals surface area contributed by atoms with E-state index < -0.39 is 0 Å². The van der Waals surface area contributed by atoms with Crippen LogP contribution in [0.15, 0.2) is 30.3 Å². The van der Waals surface area contributed by atoms with Crippen LogP contribution in [0.5, 0.6) is 0 Å². The quantitative estimate of drug-likeness (QED) is 0.935. The zero-order valence-electron chi connectivity index (χ0n) is 14.1. The first-order chi connectivity index (χ1) is 11.5. The molecular weight excluding hydrogens is 307 g/mol. The third kappa shape index (κ3) is 4.00. The zero-order chi connectivity index (χ0) is 17.1. The van der Waals surface area contributed by atoms with Gasteiger partial charge in [-0.05, 0) is 43.5 Å². The van der Waals surface area contributed by atoms with E-state index in [2.05, 4.69) is 15.3 Å². The maximum Gasteiger partial charge on any atom is 0.269 e. The number of amides is 1. The number of nitrogens with one attached hydrogen (secondary N) is 1. The van der Waals surface area contributed by atoms with Gasteiger partial charge < -0.3 is 5.32 Å². The molecule has 1 aliphatic heterocycles. The molecule has 0 radical (unpaired) electrons. The maximum absolute atomic E-state index is 12.9. The van der Waals surface area contributed by atoms with Gasteiger partial charge in [-0.1, -0.05) is 12.1 Å². The van der Waals surface area contributed by atoms with Crippen molar-refractivity contribution in [3.63, 3.8) is 0 Å². The van der Waals surface area contributed by atoms with E-state index in [1.807, 2.05) is 19.1 Å². The predicted molar refractivity (Wildman–Crippen MR) is 90.1 cm³/mol. The van der Waals surface area contributed by atoms with E-state index in [4.69, 9.17) is 0 Å². The fourth-order valence-electron chi connectivity index (χ4n) is 3.17. The fraction of sp³-hybridized carbons (Fsp3) is 0.444. The first-order valence-electron chi connectivity index (χ1n) is 8.29. The Hall–Kier alpha value is -2.21. The summed E-state index contributed by atoms with van der Waals surface area (Å²) in [7, 11) is 1.78. The van der Waals surface area contributed by atoms with Crippen molar-refractivity contribution in [3.05, 3.63) is 53.1 Å². The van der Waals surface area contributed by atoms with Gasteiger partial charge in [0.15, 0.2) is 0 Å². The first-order valence-corrected chi connectivity index (χ1v) is 8.29. The van der Waals surface area contributed by atoms with Crippen molar-refractivity contribution < 1.29 is 9.18 Å². The highest BCUT2D eigenvalue weighted by molar-refractivity contribution is 5.92. The Bertz CT molecular complexity index is 702. The highest BCUT2D eigenvalue weighted by atomic mass is 19.1. The molecule has 1 N–H and O–H groups in total. The van der Waals surface area contributed by atoms with Crippen LogP contribution in [0.3, 0.4) is 0 Å². The van der Waals surface area contributed by atoms with Crippen molar-refractivity contribution in [2.24, 2.45) is 7.05 Å². The summed E-state index contributed by atoms with van der Waals surface area (Å²) in [4.78, 5) is 14.7. The molecule has 1 aromatic carbocycles. The topological polar surface area (TPSA) is 50.2 Å². The van der Waals surface area contributed by atoms with E-state index in [9.17, 15) is 9.18 Å². The van der Waals surface area contributed by atoms with Crippen LogP contribution in [0.4, 0.5) is 4.39 Å². The minimum absolute atomic E-state index is 0.0601. The number of carbonyl (C=O) groups is 1. The third-order valence-electron chi connectivity index (χ3n) is 4.48. The molecule has 0 spiro atoms. The molecule has 1 aliphatic rings. The summed E-state index contributed by atoms with van der Waals surface area (Å²) in [5.41, 5.74) is 2.56. The van der Waals surface area contributed by atoms with E-state index in [0.717, 1.165) is 43.7 Å². The number of piperidine rings is 1. The molecule has 6 heteroatoms. The number of rotatable bonds is 4. The number of aryl methyl sites for hydroxylation is 2. The summed E-state index contributed by atoms with van der Waals surface area (Å²) in [6.07, 6.45) is 1.84. The van der Waals surface area contributed by atoms with E-state index in [-0.39, 0.29) is 17.8 Å². The molecule has 0 saturated carbocycles. The number of likely N-dealkylation sites (tertiary alicyclic amines) is 1. The van der Waals surface area contributed by atoms with E-state index in [1.54, 1.807) is 17.8 Å². The van der Waals surface area contributed by atoms with Crippen molar-refractivity contribution in [3.8, 4) is 0 Å². The van der Waals surface area contributed by atoms with Gasteiger partial charge in [0.25, 0.3) is 5.91 Å². The monoisotopic (exact) mass is 330 g/mol. The summed E-state index contributed by atoms with van der Waals surface area (Å²) in [5, 5.41) is 7.32. The van der Waals surface area contributed by atoms with Crippen LogP contribution in [0.2, 0.25) is 0 Å². The van der Waals surface area contributed by atoms with Crippen LogP contribution in [-0.2, 0) is 13.6 Å². The molecule has 0 aliphatic carbocycles. The summed E-state index contributed by atoms with van der Waals surface area (Å²) in [6.45, 7) is 4.55. The Morgan fingerprint density at radius 3 is 2.54 bits per heavy atom. The average Bonchev–Trinajstić information content (AvgIpc) is 2.90. The molecule has 1 saturated heterocycles. The number of carbonyl (C=O) groups excluding carboxylic acids is 1. The smallest absolute Gasteiger partial charge is 0.269 e. The Labute approximate surface area is 141 Å². The molecule has 3 rings (SSSR count). The van der Waals surface area contributed by atoms with Crippen molar-refractivity contribution in [2.75, 3.05) is 13.1 Å². The van der Waals surface area contributed by atoms with Crippen molar-refractivity contribution in [1.29, 1.82) is 0 Å². The SMILES string of the molecule is Cc1cc(C(=O)NC2CCN(Cc3ccc(F)cc3)CC2)n(C)n1. The van der Waals surface area contributed by atoms with Gasteiger partial charge in [-0.15, -0.1) is 0 Å². The summed E-state index contributed by atoms with van der Waals surface area (Å²) < 4.78 is 14.6. The number of benzene rings is 1. The second-order valence-corrected chi connectivity index (χ2v) is 6.44. The average molecular weight is 330 g/mol. The van der Waals surface area contributed by atoms with Crippen LogP contribution in [0.1, 0.15) is 34.6 Å². The molecular formula is C18H23FN4O. The first kappa shape index (κ1) is 16.6. The number of nitrogens with zero attached hydrogens (tertiary/aromatic N) is 3. The summed E-state index contributed by atoms with van der Waals surface area (Å²) in [6, 6.07) is 8.65. The minimum Gasteiger partial charge on any atom is -0.348 e. The van der Waals surface area contributed by atoms with E-state index >= 15 is 0 Å². The molecule has 0 unspecified atom stereocenters. The number of halogens is 1. The molecule has 5 nitrogen and oxygen atoms in total. The van der Waals surface area contributed by atoms with Crippen molar-refractivity contribution >= 4 is 5.91 Å². The molecule has 1 fully saturated rings. The third-order valence-corrected chi connectivity index (χ3v) is 4.48. The second-order valence-electron chi connectivity index (χ2n) is 6.44. The van der Waals surface area contributed by atoms with Crippen molar-refractivity contribution in [1.82, 2.24) is 20.0 Å². The normalized spacial score (nSPS) is 16.3. The number of hydrogen-bond donors (Lipinski definition) is 1. The van der Waals surface area contributed by atoms with Gasteiger partial charge in [-0.3, -0.25) is 14.4 Å². The van der Waals surface area contributed by atoms with Gasteiger partial charge in [0.2, 0.25) is 0 Å². The lowest BCUT2D eigenvalue weighted by Gasteiger charge is -2.32. The van der Waals surface area contributed by atoms with Crippen LogP contribution < -0.4 is 5.32 Å². The molecule has 1 amide bonds. The van der Waals surface area contributed by atoms with Crippen LogP contribution in [0, 0.1) is 12.7 Å². The standard InChI is InChI=1S/C18H23FN4O/c1-13-11-17(22(2)21-13)18(24)20-16-7-9-23(10-8-16)12-14-3-5-15(19)6-4-14/h3-6,11,16H,7-10,12H2,1-2H3,(H,20,24). The fourth-order valence-corrected chi connectivity index (χ4v) is 3.17. The highest BCUT2D eigenvalue weighted by Gasteiger charge is 2.22. The van der Waals surface area contributed by atoms with Gasteiger partial charge >= 0.3 is 0 Å². The second kappa shape index (κ2) is 7.13. The van der Waals surface area contributed by atoms with Gasteiger partial charge in [-0.25, -0.2) is 4.39 Å². The van der Waals surface area contributed by atoms with Crippen LogP contribution >= 0.6 is 0 Å². The predicted octanol–water partition coefficient (Wildman–Crippen LogP) is 2.26. The molecule has 2 heterocycles. The van der Waals surface area contributed by atoms with Crippen LogP contribution in [0.25, 0.3) is 0 Å². The molecule has 24 heavy (non-hydrogen) atoms. The molecule has 128 valence electrons. The summed E-state index contributed by atoms with van der Waals surface area (Å²) in [5.74, 6) is -0.263. The summed E-state index contributed by atoms with van der Waals surface area (Å²) >= 11 is 0. The lowest BCUT2D eigenvalue weighted by molar-refractivity contribution is 0.0899. The van der Waals surface area contributed by atoms with E-state index in [1.165, 1.54) is 12.1 Å². The van der Waals surface area contributed by atoms with Gasteiger partial charge in [0.1, 0.15) is 11.5 Å². The van der Waals surface area contributed by atoms with Gasteiger partial charge in [-0.2, -0.15) is 5.10 Å². The highest BCUT2D eigenvalue weighted by Crippen LogP contribution is 2.15. The minimum atomic E-state index is -0.203. The van der Waals surface area contributed by atoms with Gasteiger partial charge in [0.05, 0.1) is 5.69 Å². The van der Waals surface area contributed by atoms with Crippen molar-refractivity contribution in [2.45, 2.75) is 32.4 Å². The number of aromatic nitrogens is 2.